The van der Waals surface area contributed by atoms with Gasteiger partial charge in [-0.3, -0.25) is 0 Å². The lowest BCUT2D eigenvalue weighted by molar-refractivity contribution is -0.184. The fourth-order valence-corrected chi connectivity index (χ4v) is 1.41. The Kier molecular flexibility index (Phi) is 2.51. The molecule has 5 heteroatoms. The summed E-state index contributed by atoms with van der Waals surface area (Å²) < 4.78 is 15.5. The first-order chi connectivity index (χ1) is 6.79. The number of hydrogen-bond acceptors (Lipinski definition) is 4. The number of furan rings is 1. The number of ether oxygens (including phenoxy) is 2. The van der Waals surface area contributed by atoms with Gasteiger partial charge in [0.25, 0.3) is 0 Å². The van der Waals surface area contributed by atoms with Crippen LogP contribution in [0, 0.1) is 0 Å². The average molecular weight is 198 g/mol. The summed E-state index contributed by atoms with van der Waals surface area (Å²) in [6.45, 7) is 0.684. The third-order valence-electron chi connectivity index (χ3n) is 2.02. The molecule has 0 spiro atoms. The zero-order valence-corrected chi connectivity index (χ0v) is 7.38. The van der Waals surface area contributed by atoms with E-state index in [-0.39, 0.29) is 0 Å². The topological polar surface area (TPSA) is 68.9 Å². The SMILES string of the molecule is O=C(O)[C@H]1OCCO[C@H]1c1ccco1. The summed E-state index contributed by atoms with van der Waals surface area (Å²) in [5.41, 5.74) is 0. The van der Waals surface area contributed by atoms with E-state index in [9.17, 15) is 4.79 Å². The van der Waals surface area contributed by atoms with Crippen LogP contribution in [0.25, 0.3) is 0 Å². The highest BCUT2D eigenvalue weighted by atomic mass is 16.6. The molecule has 0 amide bonds. The molecule has 2 atom stereocenters. The van der Waals surface area contributed by atoms with E-state index in [1.807, 2.05) is 0 Å². The van der Waals surface area contributed by atoms with Crippen LogP contribution in [0.1, 0.15) is 11.9 Å². The minimum Gasteiger partial charge on any atom is -0.479 e. The van der Waals surface area contributed by atoms with Crippen LogP contribution in [0.5, 0.6) is 0 Å². The lowest BCUT2D eigenvalue weighted by Crippen LogP contribution is -2.38. The van der Waals surface area contributed by atoms with Crippen LogP contribution < -0.4 is 0 Å². The fourth-order valence-electron chi connectivity index (χ4n) is 1.41. The van der Waals surface area contributed by atoms with Crippen LogP contribution in [0.4, 0.5) is 0 Å². The van der Waals surface area contributed by atoms with E-state index in [1.165, 1.54) is 6.26 Å². The summed E-state index contributed by atoms with van der Waals surface area (Å²) in [5.74, 6) is -0.553. The molecule has 1 N–H and O–H groups in total. The quantitative estimate of drug-likeness (QED) is 0.761. The maximum atomic E-state index is 10.8. The number of rotatable bonds is 2. The van der Waals surface area contributed by atoms with Gasteiger partial charge in [0.05, 0.1) is 19.5 Å². The van der Waals surface area contributed by atoms with Crippen molar-refractivity contribution in [2.45, 2.75) is 12.2 Å². The van der Waals surface area contributed by atoms with Crippen LogP contribution in [0.3, 0.4) is 0 Å². The minimum atomic E-state index is -1.04. The van der Waals surface area contributed by atoms with Gasteiger partial charge in [-0.2, -0.15) is 0 Å². The molecule has 0 bridgehead atoms. The lowest BCUT2D eigenvalue weighted by Gasteiger charge is -2.27. The molecule has 0 aliphatic carbocycles. The highest BCUT2D eigenvalue weighted by Crippen LogP contribution is 2.26. The van der Waals surface area contributed by atoms with Gasteiger partial charge >= 0.3 is 5.97 Å². The van der Waals surface area contributed by atoms with Gasteiger partial charge in [-0.1, -0.05) is 0 Å². The second-order valence-corrected chi connectivity index (χ2v) is 2.94. The molecule has 1 aromatic rings. The zero-order valence-electron chi connectivity index (χ0n) is 7.38. The van der Waals surface area contributed by atoms with Gasteiger partial charge in [0.15, 0.2) is 12.2 Å². The van der Waals surface area contributed by atoms with Crippen LogP contribution in [0.15, 0.2) is 22.8 Å². The van der Waals surface area contributed by atoms with Gasteiger partial charge in [-0.25, -0.2) is 4.79 Å². The molecule has 1 aliphatic rings. The van der Waals surface area contributed by atoms with Gasteiger partial charge in [-0.05, 0) is 12.1 Å². The predicted octanol–water partition coefficient (Wildman–Crippen LogP) is 0.821. The van der Waals surface area contributed by atoms with E-state index in [0.717, 1.165) is 0 Å². The number of hydrogen-bond donors (Lipinski definition) is 1. The van der Waals surface area contributed by atoms with E-state index < -0.39 is 18.2 Å². The maximum absolute atomic E-state index is 10.8. The van der Waals surface area contributed by atoms with E-state index in [1.54, 1.807) is 12.1 Å². The monoisotopic (exact) mass is 198 g/mol. The highest BCUT2D eigenvalue weighted by molar-refractivity contribution is 5.73. The highest BCUT2D eigenvalue weighted by Gasteiger charge is 2.35. The van der Waals surface area contributed by atoms with Crippen molar-refractivity contribution in [3.63, 3.8) is 0 Å². The van der Waals surface area contributed by atoms with Gasteiger partial charge in [-0.15, -0.1) is 0 Å². The van der Waals surface area contributed by atoms with Gasteiger partial charge in [0, 0.05) is 0 Å². The van der Waals surface area contributed by atoms with Crippen molar-refractivity contribution in [1.29, 1.82) is 0 Å². The molecule has 14 heavy (non-hydrogen) atoms. The molecule has 0 aromatic carbocycles. The Hall–Kier alpha value is -1.33. The fraction of sp³-hybridized carbons (Fsp3) is 0.444. The molecule has 76 valence electrons. The summed E-state index contributed by atoms with van der Waals surface area (Å²) in [6.07, 6.45) is -0.141. The van der Waals surface area contributed by atoms with Gasteiger partial charge < -0.3 is 19.0 Å². The second-order valence-electron chi connectivity index (χ2n) is 2.94. The molecule has 5 nitrogen and oxygen atoms in total. The average Bonchev–Trinajstić information content (AvgIpc) is 2.70. The first kappa shape index (κ1) is 9.23. The molecule has 1 aliphatic heterocycles. The van der Waals surface area contributed by atoms with Crippen molar-refractivity contribution in [2.24, 2.45) is 0 Å². The van der Waals surface area contributed by atoms with Crippen molar-refractivity contribution in [3.05, 3.63) is 24.2 Å². The molecule has 2 heterocycles. The third kappa shape index (κ3) is 1.64. The van der Waals surface area contributed by atoms with Crippen molar-refractivity contribution in [3.8, 4) is 0 Å². The molecule has 2 rings (SSSR count). The Bertz CT molecular complexity index is 305. The summed E-state index contributed by atoms with van der Waals surface area (Å²) in [5, 5.41) is 8.86. The molecule has 1 saturated heterocycles. The summed E-state index contributed by atoms with van der Waals surface area (Å²) in [4.78, 5) is 10.8. The van der Waals surface area contributed by atoms with Crippen molar-refractivity contribution >= 4 is 5.97 Å². The largest absolute Gasteiger partial charge is 0.479 e. The number of carboxylic acids is 1. The summed E-state index contributed by atoms with van der Waals surface area (Å²) >= 11 is 0. The van der Waals surface area contributed by atoms with Crippen LogP contribution in [-0.4, -0.2) is 30.4 Å². The first-order valence-electron chi connectivity index (χ1n) is 4.28. The molecular weight excluding hydrogens is 188 g/mol. The first-order valence-corrected chi connectivity index (χ1v) is 4.28. The Morgan fingerprint density at radius 1 is 1.43 bits per heavy atom. The molecule has 1 fully saturated rings. The van der Waals surface area contributed by atoms with Crippen LogP contribution >= 0.6 is 0 Å². The van der Waals surface area contributed by atoms with Crippen LogP contribution in [-0.2, 0) is 14.3 Å². The predicted molar refractivity (Wildman–Crippen MR) is 44.8 cm³/mol. The Morgan fingerprint density at radius 2 is 2.21 bits per heavy atom. The smallest absolute Gasteiger partial charge is 0.336 e. The molecule has 0 radical (unpaired) electrons. The zero-order chi connectivity index (χ0) is 9.97. The lowest BCUT2D eigenvalue weighted by atomic mass is 10.1. The Balaban J connectivity index is 2.18. The Labute approximate surface area is 80.2 Å². The third-order valence-corrected chi connectivity index (χ3v) is 2.02. The van der Waals surface area contributed by atoms with E-state index >= 15 is 0 Å². The van der Waals surface area contributed by atoms with E-state index in [4.69, 9.17) is 19.0 Å². The molecule has 1 aromatic heterocycles. The molecular formula is C9H10O5. The summed E-state index contributed by atoms with van der Waals surface area (Å²) in [6, 6.07) is 3.36. The van der Waals surface area contributed by atoms with E-state index in [0.29, 0.717) is 19.0 Å². The van der Waals surface area contributed by atoms with Crippen molar-refractivity contribution < 1.29 is 23.8 Å². The molecule has 0 saturated carbocycles. The minimum absolute atomic E-state index is 0.300. The van der Waals surface area contributed by atoms with Crippen molar-refractivity contribution in [2.75, 3.05) is 13.2 Å². The van der Waals surface area contributed by atoms with Gasteiger partial charge in [0.1, 0.15) is 5.76 Å². The second kappa shape index (κ2) is 3.81. The maximum Gasteiger partial charge on any atom is 0.336 e. The normalized spacial score (nSPS) is 27.4. The van der Waals surface area contributed by atoms with E-state index in [2.05, 4.69) is 0 Å². The van der Waals surface area contributed by atoms with Gasteiger partial charge in [0.2, 0.25) is 0 Å². The Morgan fingerprint density at radius 3 is 2.86 bits per heavy atom. The number of aliphatic carboxylic acids is 1. The molecule has 0 unspecified atom stereocenters. The van der Waals surface area contributed by atoms with Crippen molar-refractivity contribution in [1.82, 2.24) is 0 Å². The number of carbonyl (C=O) groups is 1. The summed E-state index contributed by atoms with van der Waals surface area (Å²) in [7, 11) is 0. The number of carboxylic acid groups (broad SMARTS) is 1. The standard InChI is InChI=1S/C9H10O5/c10-9(11)8-7(13-4-5-14-8)6-2-1-3-12-6/h1-3,7-8H,4-5H2,(H,10,11)/t7-,8-/m0/s1. The van der Waals surface area contributed by atoms with Crippen LogP contribution in [0.2, 0.25) is 0 Å².